The van der Waals surface area contributed by atoms with Crippen LogP contribution in [-0.4, -0.2) is 35.9 Å². The summed E-state index contributed by atoms with van der Waals surface area (Å²) < 4.78 is 7.29. The third-order valence-corrected chi connectivity index (χ3v) is 2.70. The third kappa shape index (κ3) is 3.31. The zero-order valence-electron chi connectivity index (χ0n) is 9.49. The fourth-order valence-electron chi connectivity index (χ4n) is 1.33. The SMILES string of the molecule is CCn1ncc(Br)c1C(=O)NCCCOC. The summed E-state index contributed by atoms with van der Waals surface area (Å²) in [6.45, 7) is 3.87. The van der Waals surface area contributed by atoms with Gasteiger partial charge in [0.15, 0.2) is 0 Å². The number of halogens is 1. The normalized spacial score (nSPS) is 10.4. The van der Waals surface area contributed by atoms with Gasteiger partial charge >= 0.3 is 0 Å². The van der Waals surface area contributed by atoms with Crippen molar-refractivity contribution in [2.45, 2.75) is 19.9 Å². The highest BCUT2D eigenvalue weighted by Crippen LogP contribution is 2.15. The van der Waals surface area contributed by atoms with E-state index >= 15 is 0 Å². The third-order valence-electron chi connectivity index (χ3n) is 2.12. The van der Waals surface area contributed by atoms with Gasteiger partial charge < -0.3 is 10.1 Å². The molecule has 90 valence electrons. The maximum Gasteiger partial charge on any atom is 0.270 e. The Bertz CT molecular complexity index is 352. The number of amides is 1. The van der Waals surface area contributed by atoms with Crippen molar-refractivity contribution in [1.29, 1.82) is 0 Å². The topological polar surface area (TPSA) is 56.2 Å². The number of nitrogens with one attached hydrogen (secondary N) is 1. The van der Waals surface area contributed by atoms with Gasteiger partial charge in [-0.15, -0.1) is 0 Å². The fourth-order valence-corrected chi connectivity index (χ4v) is 1.81. The van der Waals surface area contributed by atoms with E-state index in [1.54, 1.807) is 18.0 Å². The van der Waals surface area contributed by atoms with E-state index in [1.165, 1.54) is 0 Å². The molecule has 0 atom stereocenters. The lowest BCUT2D eigenvalue weighted by atomic mass is 10.3. The van der Waals surface area contributed by atoms with Crippen LogP contribution in [0.2, 0.25) is 0 Å². The van der Waals surface area contributed by atoms with Crippen molar-refractivity contribution in [3.05, 3.63) is 16.4 Å². The maximum absolute atomic E-state index is 11.8. The van der Waals surface area contributed by atoms with Gasteiger partial charge in [-0.1, -0.05) is 0 Å². The second-order valence-corrected chi connectivity index (χ2v) is 4.11. The second kappa shape index (κ2) is 6.65. The van der Waals surface area contributed by atoms with Crippen molar-refractivity contribution >= 4 is 21.8 Å². The first kappa shape index (κ1) is 13.2. The van der Waals surface area contributed by atoms with Gasteiger partial charge in [0.2, 0.25) is 0 Å². The van der Waals surface area contributed by atoms with Gasteiger partial charge in [0, 0.05) is 26.8 Å². The summed E-state index contributed by atoms with van der Waals surface area (Å²) in [6, 6.07) is 0. The first-order chi connectivity index (χ1) is 7.70. The van der Waals surface area contributed by atoms with Gasteiger partial charge in [-0.2, -0.15) is 5.10 Å². The lowest BCUT2D eigenvalue weighted by Gasteiger charge is -2.07. The zero-order chi connectivity index (χ0) is 12.0. The highest BCUT2D eigenvalue weighted by Gasteiger charge is 2.15. The number of hydrogen-bond acceptors (Lipinski definition) is 3. The Morgan fingerprint density at radius 3 is 3.06 bits per heavy atom. The van der Waals surface area contributed by atoms with Crippen molar-refractivity contribution < 1.29 is 9.53 Å². The minimum absolute atomic E-state index is 0.109. The second-order valence-electron chi connectivity index (χ2n) is 3.26. The lowest BCUT2D eigenvalue weighted by molar-refractivity contribution is 0.0937. The number of rotatable bonds is 6. The van der Waals surface area contributed by atoms with Crippen LogP contribution in [0.3, 0.4) is 0 Å². The molecule has 0 aliphatic carbocycles. The van der Waals surface area contributed by atoms with Gasteiger partial charge in [-0.3, -0.25) is 9.48 Å². The molecule has 0 bridgehead atoms. The van der Waals surface area contributed by atoms with Gasteiger partial charge in [0.1, 0.15) is 5.69 Å². The maximum atomic E-state index is 11.8. The van der Waals surface area contributed by atoms with E-state index in [0.717, 1.165) is 10.9 Å². The Morgan fingerprint density at radius 1 is 1.69 bits per heavy atom. The van der Waals surface area contributed by atoms with Crippen LogP contribution in [-0.2, 0) is 11.3 Å². The number of nitrogens with zero attached hydrogens (tertiary/aromatic N) is 2. The molecule has 0 aliphatic heterocycles. The van der Waals surface area contributed by atoms with E-state index in [0.29, 0.717) is 25.4 Å². The molecule has 1 amide bonds. The van der Waals surface area contributed by atoms with E-state index in [2.05, 4.69) is 26.3 Å². The molecular formula is C10H16BrN3O2. The predicted molar refractivity (Wildman–Crippen MR) is 64.4 cm³/mol. The molecule has 16 heavy (non-hydrogen) atoms. The van der Waals surface area contributed by atoms with Crippen LogP contribution >= 0.6 is 15.9 Å². The van der Waals surface area contributed by atoms with Crippen LogP contribution in [0.15, 0.2) is 10.7 Å². The summed E-state index contributed by atoms with van der Waals surface area (Å²) >= 11 is 3.31. The minimum Gasteiger partial charge on any atom is -0.385 e. The number of methoxy groups -OCH3 is 1. The van der Waals surface area contributed by atoms with Crippen LogP contribution in [0.4, 0.5) is 0 Å². The molecule has 0 spiro atoms. The quantitative estimate of drug-likeness (QED) is 0.806. The Hall–Kier alpha value is -0.880. The fraction of sp³-hybridized carbons (Fsp3) is 0.600. The van der Waals surface area contributed by atoms with Crippen molar-refractivity contribution in [2.24, 2.45) is 0 Å². The average molecular weight is 290 g/mol. The Labute approximate surface area is 103 Å². The molecule has 0 unspecified atom stereocenters. The van der Waals surface area contributed by atoms with Crippen molar-refractivity contribution in [3.8, 4) is 0 Å². The molecule has 1 N–H and O–H groups in total. The number of aromatic nitrogens is 2. The van der Waals surface area contributed by atoms with Crippen LogP contribution in [0, 0.1) is 0 Å². The molecule has 1 aromatic rings. The molecule has 0 aromatic carbocycles. The molecule has 0 fully saturated rings. The van der Waals surface area contributed by atoms with Crippen molar-refractivity contribution in [3.63, 3.8) is 0 Å². The van der Waals surface area contributed by atoms with Crippen LogP contribution in [0.5, 0.6) is 0 Å². The summed E-state index contributed by atoms with van der Waals surface area (Å²) in [5, 5.41) is 6.91. The first-order valence-electron chi connectivity index (χ1n) is 5.19. The van der Waals surface area contributed by atoms with Gasteiger partial charge in [-0.25, -0.2) is 0 Å². The van der Waals surface area contributed by atoms with E-state index in [1.807, 2.05) is 6.92 Å². The van der Waals surface area contributed by atoms with E-state index < -0.39 is 0 Å². The van der Waals surface area contributed by atoms with Crippen LogP contribution in [0.1, 0.15) is 23.8 Å². The molecular weight excluding hydrogens is 274 g/mol. The molecule has 1 rings (SSSR count). The predicted octanol–water partition coefficient (Wildman–Crippen LogP) is 1.43. The van der Waals surface area contributed by atoms with Gasteiger partial charge in [0.25, 0.3) is 5.91 Å². The summed E-state index contributed by atoms with van der Waals surface area (Å²) in [5.74, 6) is -0.109. The van der Waals surface area contributed by atoms with Crippen LogP contribution < -0.4 is 5.32 Å². The lowest BCUT2D eigenvalue weighted by Crippen LogP contribution is -2.28. The molecule has 6 heteroatoms. The highest BCUT2D eigenvalue weighted by atomic mass is 79.9. The number of aryl methyl sites for hydroxylation is 1. The summed E-state index contributed by atoms with van der Waals surface area (Å²) in [7, 11) is 1.64. The van der Waals surface area contributed by atoms with E-state index in [9.17, 15) is 4.79 Å². The van der Waals surface area contributed by atoms with Gasteiger partial charge in [0.05, 0.1) is 10.7 Å². The zero-order valence-corrected chi connectivity index (χ0v) is 11.1. The number of carbonyl (C=O) groups is 1. The number of hydrogen-bond donors (Lipinski definition) is 1. The minimum atomic E-state index is -0.109. The smallest absolute Gasteiger partial charge is 0.270 e. The molecule has 5 nitrogen and oxygen atoms in total. The number of ether oxygens (including phenoxy) is 1. The van der Waals surface area contributed by atoms with E-state index in [4.69, 9.17) is 4.74 Å². The Morgan fingerprint density at radius 2 is 2.44 bits per heavy atom. The summed E-state index contributed by atoms with van der Waals surface area (Å²) in [4.78, 5) is 11.8. The molecule has 0 saturated carbocycles. The molecule has 0 radical (unpaired) electrons. The Kier molecular flexibility index (Phi) is 5.48. The molecule has 1 aromatic heterocycles. The van der Waals surface area contributed by atoms with Crippen LogP contribution in [0.25, 0.3) is 0 Å². The average Bonchev–Trinajstić information content (AvgIpc) is 2.65. The van der Waals surface area contributed by atoms with Crippen molar-refractivity contribution in [1.82, 2.24) is 15.1 Å². The molecule has 1 heterocycles. The largest absolute Gasteiger partial charge is 0.385 e. The highest BCUT2D eigenvalue weighted by molar-refractivity contribution is 9.10. The number of carbonyl (C=O) groups excluding carboxylic acids is 1. The molecule has 0 saturated heterocycles. The van der Waals surface area contributed by atoms with Crippen molar-refractivity contribution in [2.75, 3.05) is 20.3 Å². The molecule has 0 aliphatic rings. The standard InChI is InChI=1S/C10H16BrN3O2/c1-3-14-9(8(11)7-13-14)10(15)12-5-4-6-16-2/h7H,3-6H2,1-2H3,(H,12,15). The van der Waals surface area contributed by atoms with Gasteiger partial charge in [-0.05, 0) is 29.3 Å². The van der Waals surface area contributed by atoms with E-state index in [-0.39, 0.29) is 5.91 Å². The Balaban J connectivity index is 2.55. The summed E-state index contributed by atoms with van der Waals surface area (Å²) in [6.07, 6.45) is 2.44. The summed E-state index contributed by atoms with van der Waals surface area (Å²) in [5.41, 5.74) is 0.569. The monoisotopic (exact) mass is 289 g/mol. The first-order valence-corrected chi connectivity index (χ1v) is 5.98.